The van der Waals surface area contributed by atoms with Crippen LogP contribution in [-0.4, -0.2) is 5.38 Å². The fraction of sp³-hybridized carbons (Fsp3) is 0.750. The zero-order valence-electron chi connectivity index (χ0n) is 3.92. The van der Waals surface area contributed by atoms with Crippen LogP contribution in [0, 0.1) is 4.84 Å². The summed E-state index contributed by atoms with van der Waals surface area (Å²) in [6.07, 6.45) is 0.782. The Morgan fingerprint density at radius 1 is 1.57 bits per heavy atom. The summed E-state index contributed by atoms with van der Waals surface area (Å²) >= 11 is 16.1. The molecule has 0 saturated heterocycles. The molecule has 0 fully saturated rings. The van der Waals surface area contributed by atoms with Gasteiger partial charge in [-0.2, -0.15) is 0 Å². The monoisotopic (exact) mass is 159 g/mol. The van der Waals surface area contributed by atoms with Gasteiger partial charge in [-0.25, -0.2) is 0 Å². The molecular formula is C4H6Cl3. The SMILES string of the molecule is CCC(Cl)[C](Cl)Cl. The number of hydrogen-bond donors (Lipinski definition) is 0. The summed E-state index contributed by atoms with van der Waals surface area (Å²) in [7, 11) is 0. The van der Waals surface area contributed by atoms with E-state index in [1.165, 1.54) is 0 Å². The Hall–Kier alpha value is 0.870. The molecule has 0 aliphatic rings. The third-order valence-corrected chi connectivity index (χ3v) is 1.87. The average molecular weight is 160 g/mol. The molecule has 0 aromatic rings. The van der Waals surface area contributed by atoms with Crippen molar-refractivity contribution in [2.75, 3.05) is 0 Å². The molecular weight excluding hydrogens is 154 g/mol. The van der Waals surface area contributed by atoms with Crippen LogP contribution in [-0.2, 0) is 0 Å². The minimum atomic E-state index is -0.177. The molecule has 0 aromatic heterocycles. The molecule has 0 aromatic carbocycles. The van der Waals surface area contributed by atoms with Crippen molar-refractivity contribution in [3.63, 3.8) is 0 Å². The molecule has 1 radical (unpaired) electrons. The van der Waals surface area contributed by atoms with Gasteiger partial charge in [-0.3, -0.25) is 0 Å². The Bertz CT molecular complexity index is 44.2. The van der Waals surface area contributed by atoms with E-state index in [0.717, 1.165) is 6.42 Å². The molecule has 0 aliphatic heterocycles. The predicted octanol–water partition coefficient (Wildman–Crippen LogP) is 2.97. The van der Waals surface area contributed by atoms with Crippen molar-refractivity contribution in [2.24, 2.45) is 0 Å². The summed E-state index contributed by atoms with van der Waals surface area (Å²) in [4.78, 5) is 0.254. The van der Waals surface area contributed by atoms with Crippen LogP contribution >= 0.6 is 34.8 Å². The van der Waals surface area contributed by atoms with Gasteiger partial charge in [-0.15, -0.1) is 11.6 Å². The fourth-order valence-corrected chi connectivity index (χ4v) is 0.463. The van der Waals surface area contributed by atoms with Gasteiger partial charge >= 0.3 is 0 Å². The highest BCUT2D eigenvalue weighted by molar-refractivity contribution is 6.56. The molecule has 0 bridgehead atoms. The minimum absolute atomic E-state index is 0.177. The van der Waals surface area contributed by atoms with E-state index in [1.54, 1.807) is 0 Å². The van der Waals surface area contributed by atoms with Crippen molar-refractivity contribution in [3.8, 4) is 0 Å². The number of hydrogen-bond acceptors (Lipinski definition) is 0. The highest BCUT2D eigenvalue weighted by atomic mass is 35.5. The highest BCUT2D eigenvalue weighted by Crippen LogP contribution is 2.24. The van der Waals surface area contributed by atoms with Crippen molar-refractivity contribution < 1.29 is 0 Å². The molecule has 3 heteroatoms. The van der Waals surface area contributed by atoms with Gasteiger partial charge in [0.2, 0.25) is 0 Å². The number of rotatable bonds is 2. The Balaban J connectivity index is 3.14. The van der Waals surface area contributed by atoms with E-state index < -0.39 is 0 Å². The molecule has 1 atom stereocenters. The fourth-order valence-electron chi connectivity index (χ4n) is 0.154. The number of alkyl halides is 1. The lowest BCUT2D eigenvalue weighted by atomic mass is 10.4. The zero-order chi connectivity index (χ0) is 5.86. The standard InChI is InChI=1S/C4H6Cl3/c1-2-3(5)4(6)7/h3H,2H2,1H3. The van der Waals surface area contributed by atoms with Gasteiger partial charge in [-0.05, 0) is 6.42 Å². The van der Waals surface area contributed by atoms with Crippen molar-refractivity contribution in [1.29, 1.82) is 0 Å². The van der Waals surface area contributed by atoms with Crippen LogP contribution in [0.25, 0.3) is 0 Å². The lowest BCUT2D eigenvalue weighted by Gasteiger charge is -2.01. The Labute approximate surface area is 58.7 Å². The van der Waals surface area contributed by atoms with Crippen LogP contribution in [0.1, 0.15) is 13.3 Å². The number of halogens is 3. The normalized spacial score (nSPS) is 15.0. The molecule has 0 heterocycles. The van der Waals surface area contributed by atoms with E-state index in [4.69, 9.17) is 34.8 Å². The third kappa shape index (κ3) is 3.45. The lowest BCUT2D eigenvalue weighted by Crippen LogP contribution is -1.96. The Kier molecular flexibility index (Phi) is 4.30. The Morgan fingerprint density at radius 3 is 2.00 bits per heavy atom. The van der Waals surface area contributed by atoms with Crippen molar-refractivity contribution in [3.05, 3.63) is 4.84 Å². The van der Waals surface area contributed by atoms with E-state index in [2.05, 4.69) is 0 Å². The summed E-state index contributed by atoms with van der Waals surface area (Å²) < 4.78 is 0. The van der Waals surface area contributed by atoms with Crippen LogP contribution in [0.5, 0.6) is 0 Å². The van der Waals surface area contributed by atoms with Crippen LogP contribution in [0.15, 0.2) is 0 Å². The maximum atomic E-state index is 5.50. The lowest BCUT2D eigenvalue weighted by molar-refractivity contribution is 0.933. The molecule has 43 valence electrons. The van der Waals surface area contributed by atoms with Gasteiger partial charge in [0, 0.05) is 0 Å². The first-order valence-corrected chi connectivity index (χ1v) is 3.19. The summed E-state index contributed by atoms with van der Waals surface area (Å²) in [5, 5.41) is -0.177. The van der Waals surface area contributed by atoms with E-state index in [0.29, 0.717) is 0 Å². The summed E-state index contributed by atoms with van der Waals surface area (Å²) in [6.45, 7) is 1.92. The van der Waals surface area contributed by atoms with E-state index in [1.807, 2.05) is 6.92 Å². The molecule has 0 aliphatic carbocycles. The van der Waals surface area contributed by atoms with Crippen LogP contribution in [0.4, 0.5) is 0 Å². The maximum absolute atomic E-state index is 5.50. The summed E-state index contributed by atoms with van der Waals surface area (Å²) in [5.74, 6) is 0. The van der Waals surface area contributed by atoms with Gasteiger partial charge in [0.05, 0.1) is 5.38 Å². The second-order valence-electron chi connectivity index (χ2n) is 1.17. The predicted molar refractivity (Wildman–Crippen MR) is 34.9 cm³/mol. The zero-order valence-corrected chi connectivity index (χ0v) is 6.19. The van der Waals surface area contributed by atoms with Crippen LogP contribution in [0.2, 0.25) is 0 Å². The second kappa shape index (κ2) is 3.82. The van der Waals surface area contributed by atoms with Crippen molar-refractivity contribution in [2.45, 2.75) is 18.7 Å². The largest absolute Gasteiger partial charge is 0.168 e. The molecule has 0 amide bonds. The summed E-state index contributed by atoms with van der Waals surface area (Å²) in [5.41, 5.74) is 0. The van der Waals surface area contributed by atoms with Crippen molar-refractivity contribution >= 4 is 34.8 Å². The van der Waals surface area contributed by atoms with Crippen molar-refractivity contribution in [1.82, 2.24) is 0 Å². The molecule has 0 N–H and O–H groups in total. The molecule has 1 unspecified atom stereocenters. The molecule has 0 spiro atoms. The van der Waals surface area contributed by atoms with Crippen LogP contribution in [0.3, 0.4) is 0 Å². The first-order valence-electron chi connectivity index (χ1n) is 2.00. The van der Waals surface area contributed by atoms with Gasteiger partial charge in [0.1, 0.15) is 0 Å². The van der Waals surface area contributed by atoms with E-state index in [9.17, 15) is 0 Å². The van der Waals surface area contributed by atoms with E-state index >= 15 is 0 Å². The maximum Gasteiger partial charge on any atom is 0.168 e. The van der Waals surface area contributed by atoms with Gasteiger partial charge < -0.3 is 0 Å². The second-order valence-corrected chi connectivity index (χ2v) is 2.70. The molecule has 0 rings (SSSR count). The van der Waals surface area contributed by atoms with Crippen LogP contribution < -0.4 is 0 Å². The molecule has 0 nitrogen and oxygen atoms in total. The third-order valence-electron chi connectivity index (χ3n) is 0.595. The highest BCUT2D eigenvalue weighted by Gasteiger charge is 2.10. The minimum Gasteiger partial charge on any atom is -0.120 e. The van der Waals surface area contributed by atoms with Gasteiger partial charge in [0.15, 0.2) is 4.84 Å². The first-order chi connectivity index (χ1) is 3.18. The smallest absolute Gasteiger partial charge is 0.120 e. The molecule has 7 heavy (non-hydrogen) atoms. The van der Waals surface area contributed by atoms with Gasteiger partial charge in [-0.1, -0.05) is 30.1 Å². The van der Waals surface area contributed by atoms with Gasteiger partial charge in [0.25, 0.3) is 0 Å². The molecule has 0 saturated carbocycles. The average Bonchev–Trinajstić information content (AvgIpc) is 1.65. The quantitative estimate of drug-likeness (QED) is 0.545. The summed E-state index contributed by atoms with van der Waals surface area (Å²) in [6, 6.07) is 0. The first kappa shape index (κ1) is 7.87. The Morgan fingerprint density at radius 2 is 2.00 bits per heavy atom. The van der Waals surface area contributed by atoms with E-state index in [-0.39, 0.29) is 10.2 Å². The topological polar surface area (TPSA) is 0 Å².